The highest BCUT2D eigenvalue weighted by Crippen LogP contribution is 2.36. The van der Waals surface area contributed by atoms with Gasteiger partial charge in [-0.25, -0.2) is 0 Å². The molecule has 0 saturated carbocycles. The van der Waals surface area contributed by atoms with Crippen LogP contribution in [0.1, 0.15) is 39.0 Å². The van der Waals surface area contributed by atoms with Crippen LogP contribution in [0.4, 0.5) is 0 Å². The Balaban J connectivity index is 2.26. The molecule has 1 saturated heterocycles. The fourth-order valence-corrected chi connectivity index (χ4v) is 2.00. The van der Waals surface area contributed by atoms with Crippen LogP contribution in [0.15, 0.2) is 12.1 Å². The molecule has 100 valence electrons. The summed E-state index contributed by atoms with van der Waals surface area (Å²) >= 11 is 0. The van der Waals surface area contributed by atoms with Gasteiger partial charge in [-0.2, -0.15) is 0 Å². The number of rotatable bonds is 2. The van der Waals surface area contributed by atoms with Crippen molar-refractivity contribution in [3.8, 4) is 12.3 Å². The highest BCUT2D eigenvalue weighted by Gasteiger charge is 2.52. The van der Waals surface area contributed by atoms with Crippen molar-refractivity contribution >= 4 is 12.7 Å². The molecule has 2 rings (SSSR count). The van der Waals surface area contributed by atoms with Crippen LogP contribution in [-0.2, 0) is 15.7 Å². The quantitative estimate of drug-likeness (QED) is 0.598. The maximum atomic E-state index is 5.98. The van der Waals surface area contributed by atoms with Gasteiger partial charge in [-0.3, -0.25) is 4.98 Å². The van der Waals surface area contributed by atoms with E-state index < -0.39 is 7.12 Å². The number of hydrogen-bond donors (Lipinski definition) is 0. The lowest BCUT2D eigenvalue weighted by atomic mass is 9.83. The van der Waals surface area contributed by atoms with E-state index in [1.165, 1.54) is 0 Å². The van der Waals surface area contributed by atoms with Crippen LogP contribution >= 0.6 is 0 Å². The van der Waals surface area contributed by atoms with Gasteiger partial charge in [0.2, 0.25) is 0 Å². The lowest BCUT2D eigenvalue weighted by Gasteiger charge is -2.32. The van der Waals surface area contributed by atoms with E-state index in [0.717, 1.165) is 16.9 Å². The molecule has 0 aromatic carbocycles. The lowest BCUT2D eigenvalue weighted by molar-refractivity contribution is 0.00578. The molecule has 4 heteroatoms. The molecule has 1 aliphatic heterocycles. The first-order valence-corrected chi connectivity index (χ1v) is 6.52. The number of nitrogens with zero attached hydrogens (tertiary/aromatic N) is 1. The molecule has 0 N–H and O–H groups in total. The first-order chi connectivity index (χ1) is 8.77. The van der Waals surface area contributed by atoms with Crippen LogP contribution in [-0.4, -0.2) is 23.3 Å². The van der Waals surface area contributed by atoms with Crippen molar-refractivity contribution < 1.29 is 9.31 Å². The molecule has 0 spiro atoms. The molecule has 1 fully saturated rings. The third-order valence-corrected chi connectivity index (χ3v) is 4.00. The lowest BCUT2D eigenvalue weighted by Crippen LogP contribution is -2.41. The predicted molar refractivity (Wildman–Crippen MR) is 77.2 cm³/mol. The highest BCUT2D eigenvalue weighted by molar-refractivity contribution is 6.61. The molecule has 0 unspecified atom stereocenters. The van der Waals surface area contributed by atoms with Crippen molar-refractivity contribution in [3.05, 3.63) is 23.4 Å². The van der Waals surface area contributed by atoms with Gasteiger partial charge in [-0.15, -0.1) is 12.3 Å². The van der Waals surface area contributed by atoms with Gasteiger partial charge in [0, 0.05) is 12.1 Å². The molecule has 0 amide bonds. The van der Waals surface area contributed by atoms with Crippen LogP contribution in [0.5, 0.6) is 0 Å². The largest absolute Gasteiger partial charge is 0.514 e. The summed E-state index contributed by atoms with van der Waals surface area (Å²) in [6.45, 7) is 10.1. The minimum absolute atomic E-state index is 0.343. The summed E-state index contributed by atoms with van der Waals surface area (Å²) in [4.78, 5) is 4.56. The van der Waals surface area contributed by atoms with E-state index in [9.17, 15) is 0 Å². The van der Waals surface area contributed by atoms with Crippen molar-refractivity contribution in [2.75, 3.05) is 0 Å². The second-order valence-corrected chi connectivity index (χ2v) is 5.95. The van der Waals surface area contributed by atoms with Crippen LogP contribution < -0.4 is 5.59 Å². The van der Waals surface area contributed by atoms with Crippen LogP contribution in [0, 0.1) is 19.3 Å². The van der Waals surface area contributed by atoms with E-state index in [4.69, 9.17) is 15.7 Å². The molecule has 1 aliphatic rings. The minimum atomic E-state index is -0.413. The topological polar surface area (TPSA) is 31.4 Å². The zero-order valence-corrected chi connectivity index (χ0v) is 12.3. The predicted octanol–water partition coefficient (Wildman–Crippen LogP) is 1.86. The van der Waals surface area contributed by atoms with Gasteiger partial charge in [0.25, 0.3) is 0 Å². The van der Waals surface area contributed by atoms with Crippen molar-refractivity contribution in [2.45, 2.75) is 52.2 Å². The Hall–Kier alpha value is -1.31. The maximum absolute atomic E-state index is 5.98. The summed E-state index contributed by atoms with van der Waals surface area (Å²) in [5.74, 6) is 2.64. The number of hydrogen-bond acceptors (Lipinski definition) is 3. The number of pyridine rings is 1. The molecule has 1 aromatic heterocycles. The standard InChI is InChI=1S/C15H20BNO2/c1-7-8-12-9-10-13(17-11(12)2)16-18-14(3,4)15(5,6)19-16/h1,9-10H,8H2,2-6H3. The molecule has 2 heterocycles. The average Bonchev–Trinajstić information content (AvgIpc) is 2.51. The SMILES string of the molecule is C#CCc1ccc(B2OC(C)(C)C(C)(C)O2)nc1C. The zero-order valence-electron chi connectivity index (χ0n) is 12.3. The van der Waals surface area contributed by atoms with E-state index in [1.54, 1.807) is 0 Å². The van der Waals surface area contributed by atoms with Crippen molar-refractivity contribution in [1.82, 2.24) is 4.98 Å². The van der Waals surface area contributed by atoms with Gasteiger partial charge >= 0.3 is 7.12 Å². The van der Waals surface area contributed by atoms with E-state index in [1.807, 2.05) is 46.8 Å². The van der Waals surface area contributed by atoms with Gasteiger partial charge in [-0.05, 0) is 46.2 Å². The summed E-state index contributed by atoms with van der Waals surface area (Å²) < 4.78 is 12.0. The van der Waals surface area contributed by atoms with Gasteiger partial charge in [-0.1, -0.05) is 6.07 Å². The molecule has 0 bridgehead atoms. The first kappa shape index (κ1) is 14.1. The number of aryl methyl sites for hydroxylation is 1. The zero-order chi connectivity index (χ0) is 14.3. The summed E-state index contributed by atoms with van der Waals surface area (Å²) in [7, 11) is -0.413. The summed E-state index contributed by atoms with van der Waals surface area (Å²) in [5, 5.41) is 0. The second kappa shape index (κ2) is 4.66. The molecule has 0 aliphatic carbocycles. The Labute approximate surface area is 115 Å². The van der Waals surface area contributed by atoms with Crippen molar-refractivity contribution in [3.63, 3.8) is 0 Å². The molecular weight excluding hydrogens is 237 g/mol. The summed E-state index contributed by atoms with van der Waals surface area (Å²) in [6, 6.07) is 3.93. The molecule has 1 aromatic rings. The van der Waals surface area contributed by atoms with E-state index in [-0.39, 0.29) is 11.2 Å². The Kier molecular flexibility index (Phi) is 3.46. The highest BCUT2D eigenvalue weighted by atomic mass is 16.7. The van der Waals surface area contributed by atoms with Crippen LogP contribution in [0.2, 0.25) is 0 Å². The third kappa shape index (κ3) is 2.54. The number of aromatic nitrogens is 1. The van der Waals surface area contributed by atoms with E-state index in [2.05, 4.69) is 10.9 Å². The maximum Gasteiger partial charge on any atom is 0.514 e. The summed E-state index contributed by atoms with van der Waals surface area (Å²) in [5.41, 5.74) is 2.13. The Morgan fingerprint density at radius 1 is 1.21 bits per heavy atom. The fraction of sp³-hybridized carbons (Fsp3) is 0.533. The fourth-order valence-electron chi connectivity index (χ4n) is 2.00. The van der Waals surface area contributed by atoms with E-state index >= 15 is 0 Å². The second-order valence-electron chi connectivity index (χ2n) is 5.95. The first-order valence-electron chi connectivity index (χ1n) is 6.52. The normalized spacial score (nSPS) is 20.3. The Morgan fingerprint density at radius 3 is 2.26 bits per heavy atom. The molecular formula is C15H20BNO2. The van der Waals surface area contributed by atoms with E-state index in [0.29, 0.717) is 6.42 Å². The van der Waals surface area contributed by atoms with Gasteiger partial charge in [0.15, 0.2) is 0 Å². The van der Waals surface area contributed by atoms with Crippen molar-refractivity contribution in [2.24, 2.45) is 0 Å². The Bertz CT molecular complexity index is 515. The third-order valence-electron chi connectivity index (χ3n) is 4.00. The molecule has 0 atom stereocenters. The van der Waals surface area contributed by atoms with Crippen molar-refractivity contribution in [1.29, 1.82) is 0 Å². The van der Waals surface area contributed by atoms with Gasteiger partial charge < -0.3 is 9.31 Å². The summed E-state index contributed by atoms with van der Waals surface area (Å²) in [6.07, 6.45) is 5.93. The number of terminal acetylenes is 1. The molecule has 3 nitrogen and oxygen atoms in total. The molecule has 19 heavy (non-hydrogen) atoms. The Morgan fingerprint density at radius 2 is 1.79 bits per heavy atom. The van der Waals surface area contributed by atoms with Crippen LogP contribution in [0.25, 0.3) is 0 Å². The van der Waals surface area contributed by atoms with Crippen LogP contribution in [0.3, 0.4) is 0 Å². The monoisotopic (exact) mass is 257 g/mol. The average molecular weight is 257 g/mol. The van der Waals surface area contributed by atoms with Gasteiger partial charge in [0.1, 0.15) is 0 Å². The molecule has 0 radical (unpaired) electrons. The minimum Gasteiger partial charge on any atom is -0.398 e. The smallest absolute Gasteiger partial charge is 0.398 e. The van der Waals surface area contributed by atoms with Gasteiger partial charge in [0.05, 0.1) is 16.8 Å².